The fourth-order valence-corrected chi connectivity index (χ4v) is 3.40. The van der Waals surface area contributed by atoms with Gasteiger partial charge in [-0.25, -0.2) is 0 Å². The second-order valence-corrected chi connectivity index (χ2v) is 7.32. The van der Waals surface area contributed by atoms with Crippen LogP contribution < -0.4 is 14.8 Å². The van der Waals surface area contributed by atoms with Crippen molar-refractivity contribution >= 4 is 17.7 Å². The molecular formula is C24H30N2O5. The summed E-state index contributed by atoms with van der Waals surface area (Å²) >= 11 is 0. The summed E-state index contributed by atoms with van der Waals surface area (Å²) in [4.78, 5) is 14.5. The van der Waals surface area contributed by atoms with Crippen LogP contribution in [0.3, 0.4) is 0 Å². The van der Waals surface area contributed by atoms with Crippen molar-refractivity contribution in [2.45, 2.75) is 12.5 Å². The van der Waals surface area contributed by atoms with E-state index in [1.807, 2.05) is 18.2 Å². The molecule has 1 aliphatic rings. The van der Waals surface area contributed by atoms with Crippen LogP contribution in [0.5, 0.6) is 11.5 Å². The number of methoxy groups -OCH3 is 2. The average molecular weight is 427 g/mol. The molecule has 0 spiro atoms. The molecule has 0 aromatic heterocycles. The summed E-state index contributed by atoms with van der Waals surface area (Å²) in [5.41, 5.74) is 2.34. The molecule has 1 saturated heterocycles. The summed E-state index contributed by atoms with van der Waals surface area (Å²) in [6, 6.07) is 12.7. The number of anilines is 1. The molecule has 2 aromatic carbocycles. The van der Waals surface area contributed by atoms with Crippen LogP contribution in [0.4, 0.5) is 5.69 Å². The lowest BCUT2D eigenvalue weighted by atomic mass is 10.1. The number of nitrogens with one attached hydrogen (secondary N) is 1. The van der Waals surface area contributed by atoms with Crippen LogP contribution in [0, 0.1) is 0 Å². The van der Waals surface area contributed by atoms with Gasteiger partial charge in [0.2, 0.25) is 5.91 Å². The molecule has 3 rings (SSSR count). The third-order valence-electron chi connectivity index (χ3n) is 5.22. The number of nitrogens with zero attached hydrogens (tertiary/aromatic N) is 1. The molecule has 1 atom stereocenters. The minimum atomic E-state index is -0.530. The van der Waals surface area contributed by atoms with Crippen LogP contribution in [0.2, 0.25) is 0 Å². The summed E-state index contributed by atoms with van der Waals surface area (Å²) in [5, 5.41) is 13.3. The Bertz CT molecular complexity index is 876. The van der Waals surface area contributed by atoms with E-state index in [1.165, 1.54) is 6.08 Å². The highest BCUT2D eigenvalue weighted by Gasteiger charge is 2.14. The number of carbonyl (C=O) groups is 1. The topological polar surface area (TPSA) is 80.3 Å². The van der Waals surface area contributed by atoms with Crippen molar-refractivity contribution in [2.24, 2.45) is 0 Å². The molecule has 1 heterocycles. The highest BCUT2D eigenvalue weighted by atomic mass is 16.5. The van der Waals surface area contributed by atoms with Gasteiger partial charge in [-0.1, -0.05) is 18.2 Å². The Morgan fingerprint density at radius 2 is 1.84 bits per heavy atom. The van der Waals surface area contributed by atoms with Crippen LogP contribution in [-0.2, 0) is 9.53 Å². The quantitative estimate of drug-likeness (QED) is 0.600. The van der Waals surface area contributed by atoms with Crippen molar-refractivity contribution in [3.63, 3.8) is 0 Å². The molecule has 7 nitrogen and oxygen atoms in total. The number of ether oxygens (including phenoxy) is 3. The minimum absolute atomic E-state index is 0.240. The zero-order valence-corrected chi connectivity index (χ0v) is 18.0. The van der Waals surface area contributed by atoms with Gasteiger partial charge in [-0.05, 0) is 47.9 Å². The number of carbonyl (C=O) groups excluding carboxylic acids is 1. The summed E-state index contributed by atoms with van der Waals surface area (Å²) in [6.07, 6.45) is 3.31. The van der Waals surface area contributed by atoms with E-state index in [1.54, 1.807) is 44.6 Å². The Kier molecular flexibility index (Phi) is 8.46. The zero-order chi connectivity index (χ0) is 22.1. The lowest BCUT2D eigenvalue weighted by Gasteiger charge is -2.27. The van der Waals surface area contributed by atoms with E-state index in [2.05, 4.69) is 10.2 Å². The van der Waals surface area contributed by atoms with Crippen molar-refractivity contribution in [1.29, 1.82) is 0 Å². The summed E-state index contributed by atoms with van der Waals surface area (Å²) in [5.74, 6) is 1.000. The first-order valence-corrected chi connectivity index (χ1v) is 10.4. The van der Waals surface area contributed by atoms with E-state index < -0.39 is 6.10 Å². The molecular weight excluding hydrogens is 396 g/mol. The Balaban J connectivity index is 1.50. The summed E-state index contributed by atoms with van der Waals surface area (Å²) in [6.45, 7) is 4.17. The van der Waals surface area contributed by atoms with Crippen LogP contribution in [0.15, 0.2) is 48.5 Å². The summed E-state index contributed by atoms with van der Waals surface area (Å²) in [7, 11) is 3.15. The lowest BCUT2D eigenvalue weighted by Crippen LogP contribution is -2.37. The largest absolute Gasteiger partial charge is 0.493 e. The zero-order valence-electron chi connectivity index (χ0n) is 18.0. The van der Waals surface area contributed by atoms with Crippen molar-refractivity contribution in [2.75, 3.05) is 52.4 Å². The molecule has 1 aliphatic heterocycles. The molecule has 1 fully saturated rings. The smallest absolute Gasteiger partial charge is 0.248 e. The third-order valence-corrected chi connectivity index (χ3v) is 5.22. The van der Waals surface area contributed by atoms with Gasteiger partial charge in [0.25, 0.3) is 0 Å². The molecule has 31 heavy (non-hydrogen) atoms. The maximum Gasteiger partial charge on any atom is 0.248 e. The highest BCUT2D eigenvalue weighted by molar-refractivity contribution is 6.01. The number of aliphatic hydroxyl groups is 1. The second kappa shape index (κ2) is 11.5. The Hall–Kier alpha value is -2.87. The first-order chi connectivity index (χ1) is 15.1. The average Bonchev–Trinajstić information content (AvgIpc) is 2.82. The van der Waals surface area contributed by atoms with E-state index in [9.17, 15) is 9.90 Å². The van der Waals surface area contributed by atoms with Gasteiger partial charge in [0.05, 0.1) is 33.5 Å². The molecule has 0 bridgehead atoms. The highest BCUT2D eigenvalue weighted by Crippen LogP contribution is 2.28. The monoisotopic (exact) mass is 426 g/mol. The second-order valence-electron chi connectivity index (χ2n) is 7.32. The van der Waals surface area contributed by atoms with Gasteiger partial charge in [0, 0.05) is 31.4 Å². The Labute approximate surface area is 183 Å². The fraction of sp³-hybridized carbons (Fsp3) is 0.375. The number of aliphatic hydroxyl groups excluding tert-OH is 1. The van der Waals surface area contributed by atoms with E-state index in [-0.39, 0.29) is 5.91 Å². The molecule has 1 unspecified atom stereocenters. The minimum Gasteiger partial charge on any atom is -0.493 e. The number of benzene rings is 2. The van der Waals surface area contributed by atoms with E-state index in [4.69, 9.17) is 14.2 Å². The standard InChI is InChI=1S/C24H30N2O5/c1-29-22-9-3-18(17-23(22)30-2)4-10-24(28)25-20-7-5-19(6-8-20)21(27)11-12-26-13-15-31-16-14-26/h3-10,17,21,27H,11-16H2,1-2H3,(H,25,28)/b10-4+. The lowest BCUT2D eigenvalue weighted by molar-refractivity contribution is -0.111. The number of hydrogen-bond donors (Lipinski definition) is 2. The van der Waals surface area contributed by atoms with Crippen molar-refractivity contribution in [3.8, 4) is 11.5 Å². The molecule has 0 radical (unpaired) electrons. The van der Waals surface area contributed by atoms with Crippen LogP contribution in [0.25, 0.3) is 6.08 Å². The molecule has 0 saturated carbocycles. The Morgan fingerprint density at radius 3 is 2.52 bits per heavy atom. The van der Waals surface area contributed by atoms with Crippen LogP contribution >= 0.6 is 0 Å². The third kappa shape index (κ3) is 6.82. The van der Waals surface area contributed by atoms with Gasteiger partial charge in [-0.15, -0.1) is 0 Å². The molecule has 166 valence electrons. The van der Waals surface area contributed by atoms with Gasteiger partial charge >= 0.3 is 0 Å². The van der Waals surface area contributed by atoms with Gasteiger partial charge in [-0.3, -0.25) is 9.69 Å². The van der Waals surface area contributed by atoms with E-state index in [0.29, 0.717) is 23.6 Å². The molecule has 2 aromatic rings. The van der Waals surface area contributed by atoms with Crippen LogP contribution in [0.1, 0.15) is 23.7 Å². The van der Waals surface area contributed by atoms with Crippen molar-refractivity contribution < 1.29 is 24.1 Å². The first kappa shape index (κ1) is 22.8. The van der Waals surface area contributed by atoms with E-state index in [0.717, 1.165) is 44.0 Å². The number of amides is 1. The van der Waals surface area contributed by atoms with Gasteiger partial charge in [-0.2, -0.15) is 0 Å². The number of morpholine rings is 1. The van der Waals surface area contributed by atoms with Crippen LogP contribution in [-0.4, -0.2) is 63.0 Å². The van der Waals surface area contributed by atoms with E-state index >= 15 is 0 Å². The molecule has 0 aliphatic carbocycles. The summed E-state index contributed by atoms with van der Waals surface area (Å²) < 4.78 is 15.8. The normalized spacial score (nSPS) is 15.6. The predicted molar refractivity (Wildman–Crippen MR) is 120 cm³/mol. The maximum atomic E-state index is 12.2. The molecule has 7 heteroatoms. The van der Waals surface area contributed by atoms with Gasteiger partial charge in [0.15, 0.2) is 11.5 Å². The number of rotatable bonds is 9. The Morgan fingerprint density at radius 1 is 1.13 bits per heavy atom. The maximum absolute atomic E-state index is 12.2. The fourth-order valence-electron chi connectivity index (χ4n) is 3.40. The predicted octanol–water partition coefficient (Wildman–Crippen LogP) is 3.11. The molecule has 1 amide bonds. The first-order valence-electron chi connectivity index (χ1n) is 10.4. The van der Waals surface area contributed by atoms with Gasteiger partial charge < -0.3 is 24.6 Å². The SMILES string of the molecule is COc1ccc(/C=C/C(=O)Nc2ccc(C(O)CCN3CCOCC3)cc2)cc1OC. The van der Waals surface area contributed by atoms with Gasteiger partial charge in [0.1, 0.15) is 0 Å². The number of hydrogen-bond acceptors (Lipinski definition) is 6. The van der Waals surface area contributed by atoms with Crippen molar-refractivity contribution in [1.82, 2.24) is 4.90 Å². The molecule has 2 N–H and O–H groups in total. The van der Waals surface area contributed by atoms with Crippen molar-refractivity contribution in [3.05, 3.63) is 59.7 Å².